The summed E-state index contributed by atoms with van der Waals surface area (Å²) in [5.41, 5.74) is 2.43. The molecule has 20 heavy (non-hydrogen) atoms. The topological polar surface area (TPSA) is 24.5 Å². The highest BCUT2D eigenvalue weighted by molar-refractivity contribution is 6.33. The number of hydrogen-bond acceptors (Lipinski definition) is 3. The quantitative estimate of drug-likeness (QED) is 0.870. The zero-order chi connectivity index (χ0) is 14.4. The Morgan fingerprint density at radius 2 is 2.30 bits per heavy atom. The van der Waals surface area contributed by atoms with Gasteiger partial charge in [0.1, 0.15) is 0 Å². The summed E-state index contributed by atoms with van der Waals surface area (Å²) >= 11 is 6.44. The van der Waals surface area contributed by atoms with E-state index in [1.54, 1.807) is 0 Å². The lowest BCUT2D eigenvalue weighted by Crippen LogP contribution is -2.40. The van der Waals surface area contributed by atoms with Crippen molar-refractivity contribution in [3.05, 3.63) is 28.8 Å². The van der Waals surface area contributed by atoms with Crippen molar-refractivity contribution in [3.63, 3.8) is 0 Å². The average molecular weight is 297 g/mol. The maximum atomic E-state index is 6.44. The molecule has 1 atom stereocenters. The van der Waals surface area contributed by atoms with Crippen molar-refractivity contribution in [2.45, 2.75) is 38.8 Å². The molecule has 1 unspecified atom stereocenters. The van der Waals surface area contributed by atoms with Gasteiger partial charge < -0.3 is 15.0 Å². The summed E-state index contributed by atoms with van der Waals surface area (Å²) in [6, 6.07) is 6.15. The van der Waals surface area contributed by atoms with Crippen LogP contribution < -0.4 is 10.2 Å². The van der Waals surface area contributed by atoms with Crippen LogP contribution in [0.4, 0.5) is 5.69 Å². The highest BCUT2D eigenvalue weighted by Crippen LogP contribution is 2.32. The highest BCUT2D eigenvalue weighted by Gasteiger charge is 2.23. The van der Waals surface area contributed by atoms with Crippen LogP contribution in [0.3, 0.4) is 0 Å². The molecule has 0 radical (unpaired) electrons. The van der Waals surface area contributed by atoms with Crippen LogP contribution in [0.5, 0.6) is 0 Å². The van der Waals surface area contributed by atoms with E-state index in [0.717, 1.165) is 44.1 Å². The van der Waals surface area contributed by atoms with Crippen LogP contribution in [0, 0.1) is 0 Å². The fourth-order valence-electron chi connectivity index (χ4n) is 2.81. The van der Waals surface area contributed by atoms with E-state index in [-0.39, 0.29) is 0 Å². The Morgan fingerprint density at radius 3 is 3.05 bits per heavy atom. The molecule has 1 saturated heterocycles. The molecule has 1 fully saturated rings. The second kappa shape index (κ2) is 7.87. The molecule has 0 amide bonds. The molecule has 4 heteroatoms. The molecule has 1 aliphatic rings. The summed E-state index contributed by atoms with van der Waals surface area (Å²) < 4.78 is 5.92. The minimum atomic E-state index is 0.336. The molecule has 0 spiro atoms. The van der Waals surface area contributed by atoms with Gasteiger partial charge in [-0.05, 0) is 37.9 Å². The molecule has 1 aromatic rings. The minimum absolute atomic E-state index is 0.336. The van der Waals surface area contributed by atoms with Crippen LogP contribution in [0.2, 0.25) is 5.02 Å². The lowest BCUT2D eigenvalue weighted by molar-refractivity contribution is 0.0440. The van der Waals surface area contributed by atoms with Gasteiger partial charge in [-0.1, -0.05) is 30.7 Å². The second-order valence-electron chi connectivity index (χ2n) is 5.36. The first-order chi connectivity index (χ1) is 9.76. The Bertz CT molecular complexity index is 425. The maximum Gasteiger partial charge on any atom is 0.0750 e. The number of nitrogens with one attached hydrogen (secondary N) is 1. The third kappa shape index (κ3) is 3.87. The summed E-state index contributed by atoms with van der Waals surface area (Å²) in [4.78, 5) is 2.39. The van der Waals surface area contributed by atoms with Crippen molar-refractivity contribution in [2.75, 3.05) is 31.6 Å². The molecule has 2 rings (SSSR count). The molecule has 1 aliphatic heterocycles. The van der Waals surface area contributed by atoms with E-state index in [2.05, 4.69) is 23.2 Å². The number of anilines is 1. The number of nitrogens with zero attached hydrogens (tertiary/aromatic N) is 1. The normalized spacial score (nSPS) is 19.4. The van der Waals surface area contributed by atoms with E-state index < -0.39 is 0 Å². The van der Waals surface area contributed by atoms with Crippen LogP contribution in [-0.2, 0) is 11.3 Å². The fourth-order valence-corrected chi connectivity index (χ4v) is 3.12. The van der Waals surface area contributed by atoms with E-state index in [1.165, 1.54) is 17.7 Å². The predicted molar refractivity (Wildman–Crippen MR) is 85.7 cm³/mol. The summed E-state index contributed by atoms with van der Waals surface area (Å²) in [6.07, 6.45) is 3.73. The van der Waals surface area contributed by atoms with Crippen molar-refractivity contribution in [1.82, 2.24) is 5.32 Å². The SMILES string of the molecule is CCCOC1CCCN(c2c(Cl)cccc2CNC)C1. The summed E-state index contributed by atoms with van der Waals surface area (Å²) in [5, 5.41) is 4.06. The molecule has 1 heterocycles. The Morgan fingerprint density at radius 1 is 1.45 bits per heavy atom. The number of piperidine rings is 1. The van der Waals surface area contributed by atoms with Gasteiger partial charge in [0.05, 0.1) is 16.8 Å². The first kappa shape index (κ1) is 15.6. The largest absolute Gasteiger partial charge is 0.376 e. The molecule has 3 nitrogen and oxygen atoms in total. The average Bonchev–Trinajstić information content (AvgIpc) is 2.46. The summed E-state index contributed by atoms with van der Waals surface area (Å²) in [5.74, 6) is 0. The van der Waals surface area contributed by atoms with Gasteiger partial charge in [0, 0.05) is 26.2 Å². The van der Waals surface area contributed by atoms with Crippen molar-refractivity contribution in [2.24, 2.45) is 0 Å². The molecule has 1 N–H and O–H groups in total. The smallest absolute Gasteiger partial charge is 0.0750 e. The molecule has 0 aliphatic carbocycles. The van der Waals surface area contributed by atoms with Crippen molar-refractivity contribution < 1.29 is 4.74 Å². The molecule has 112 valence electrons. The van der Waals surface area contributed by atoms with E-state index in [1.807, 2.05) is 19.2 Å². The van der Waals surface area contributed by atoms with E-state index in [0.29, 0.717) is 6.10 Å². The van der Waals surface area contributed by atoms with Crippen molar-refractivity contribution in [3.8, 4) is 0 Å². The molecule has 0 bridgehead atoms. The number of hydrogen-bond donors (Lipinski definition) is 1. The first-order valence-electron chi connectivity index (χ1n) is 7.54. The Labute approximate surface area is 127 Å². The number of rotatable bonds is 6. The van der Waals surface area contributed by atoms with Gasteiger partial charge in [-0.25, -0.2) is 0 Å². The molecule has 0 aromatic heterocycles. The second-order valence-corrected chi connectivity index (χ2v) is 5.77. The molecular formula is C16H25ClN2O. The number of benzene rings is 1. The predicted octanol–water partition coefficient (Wildman–Crippen LogP) is 3.45. The van der Waals surface area contributed by atoms with Crippen molar-refractivity contribution in [1.29, 1.82) is 0 Å². The highest BCUT2D eigenvalue weighted by atomic mass is 35.5. The fraction of sp³-hybridized carbons (Fsp3) is 0.625. The zero-order valence-electron chi connectivity index (χ0n) is 12.5. The first-order valence-corrected chi connectivity index (χ1v) is 7.92. The van der Waals surface area contributed by atoms with Gasteiger partial charge in [0.2, 0.25) is 0 Å². The van der Waals surface area contributed by atoms with E-state index in [4.69, 9.17) is 16.3 Å². The Kier molecular flexibility index (Phi) is 6.14. The van der Waals surface area contributed by atoms with Gasteiger partial charge in [-0.3, -0.25) is 0 Å². The Hall–Kier alpha value is -0.770. The van der Waals surface area contributed by atoms with E-state index >= 15 is 0 Å². The lowest BCUT2D eigenvalue weighted by atomic mass is 10.0. The number of ether oxygens (including phenoxy) is 1. The van der Waals surface area contributed by atoms with Crippen LogP contribution in [0.1, 0.15) is 31.7 Å². The van der Waals surface area contributed by atoms with Gasteiger partial charge in [0.15, 0.2) is 0 Å². The number of para-hydroxylation sites is 1. The minimum Gasteiger partial charge on any atom is -0.376 e. The molecule has 0 saturated carbocycles. The van der Waals surface area contributed by atoms with Crippen LogP contribution in [0.15, 0.2) is 18.2 Å². The lowest BCUT2D eigenvalue weighted by Gasteiger charge is -2.36. The van der Waals surface area contributed by atoms with E-state index in [9.17, 15) is 0 Å². The monoisotopic (exact) mass is 296 g/mol. The zero-order valence-corrected chi connectivity index (χ0v) is 13.2. The maximum absolute atomic E-state index is 6.44. The van der Waals surface area contributed by atoms with Gasteiger partial charge in [0.25, 0.3) is 0 Å². The summed E-state index contributed by atoms with van der Waals surface area (Å²) in [7, 11) is 1.97. The van der Waals surface area contributed by atoms with Gasteiger partial charge in [-0.2, -0.15) is 0 Å². The third-order valence-corrected chi connectivity index (χ3v) is 3.99. The van der Waals surface area contributed by atoms with Gasteiger partial charge >= 0.3 is 0 Å². The van der Waals surface area contributed by atoms with Crippen LogP contribution in [0.25, 0.3) is 0 Å². The van der Waals surface area contributed by atoms with Gasteiger partial charge in [-0.15, -0.1) is 0 Å². The van der Waals surface area contributed by atoms with Crippen LogP contribution in [-0.4, -0.2) is 32.8 Å². The summed E-state index contributed by atoms with van der Waals surface area (Å²) in [6.45, 7) is 5.85. The standard InChI is InChI=1S/C16H25ClN2O/c1-3-10-20-14-7-5-9-19(12-14)16-13(11-18-2)6-4-8-15(16)17/h4,6,8,14,18H,3,5,7,9-12H2,1-2H3. The molecule has 1 aromatic carbocycles. The third-order valence-electron chi connectivity index (χ3n) is 3.69. The Balaban J connectivity index is 2.13. The number of halogens is 1. The van der Waals surface area contributed by atoms with Crippen molar-refractivity contribution >= 4 is 17.3 Å². The van der Waals surface area contributed by atoms with Crippen LogP contribution >= 0.6 is 11.6 Å². The molecular weight excluding hydrogens is 272 g/mol.